The number of aromatic hydroxyl groups is 1. The first-order valence-electron chi connectivity index (χ1n) is 11.5. The van der Waals surface area contributed by atoms with Crippen LogP contribution in [0.1, 0.15) is 40.5 Å². The van der Waals surface area contributed by atoms with Gasteiger partial charge in [0, 0.05) is 0 Å². The Morgan fingerprint density at radius 2 is 2.00 bits per heavy atom. The Morgan fingerprint density at radius 1 is 1.17 bits per heavy atom. The normalized spacial score (nSPS) is 14.9. The predicted molar refractivity (Wildman–Crippen MR) is 142 cm³/mol. The van der Waals surface area contributed by atoms with Crippen molar-refractivity contribution in [2.75, 3.05) is 29.8 Å². The van der Waals surface area contributed by atoms with Gasteiger partial charge in [0.25, 0.3) is 0 Å². The van der Waals surface area contributed by atoms with E-state index in [1.54, 1.807) is 18.1 Å². The van der Waals surface area contributed by atoms with Crippen molar-refractivity contribution in [3.8, 4) is 11.5 Å². The second-order valence-electron chi connectivity index (χ2n) is 8.67. The number of methoxy groups -OCH3 is 1. The third-order valence-electron chi connectivity index (χ3n) is 6.36. The van der Waals surface area contributed by atoms with Gasteiger partial charge in [-0.15, -0.1) is 0 Å². The van der Waals surface area contributed by atoms with Gasteiger partial charge in [-0.25, -0.2) is 0 Å². The number of phenols is 1. The number of fused-ring (bicyclic) bond motifs is 4. The number of nitrogens with zero attached hydrogens (tertiary/aromatic N) is 1. The topological polar surface area (TPSA) is 78.9 Å². The minimum absolute atomic E-state index is 0.0132. The number of nitrogens with one attached hydrogen (secondary N) is 1. The molecule has 6 nitrogen and oxygen atoms in total. The third-order valence-corrected chi connectivity index (χ3v) is 9.05. The van der Waals surface area contributed by atoms with Crippen LogP contribution in [-0.2, 0) is 4.79 Å². The van der Waals surface area contributed by atoms with Crippen LogP contribution >= 0.6 is 11.6 Å². The van der Waals surface area contributed by atoms with E-state index in [4.69, 9.17) is 16.3 Å². The number of benzene rings is 3. The number of halogens is 1. The monoisotopic (exact) mass is 556 g/mol. The number of alkyl halides is 1. The molecule has 0 aliphatic carbocycles. The van der Waals surface area contributed by atoms with Crippen LogP contribution in [0.5, 0.6) is 11.5 Å². The number of rotatable bonds is 6. The van der Waals surface area contributed by atoms with Gasteiger partial charge in [-0.3, -0.25) is 0 Å². The van der Waals surface area contributed by atoms with E-state index in [0.29, 0.717) is 35.7 Å². The molecule has 3 aromatic carbocycles. The Hall–Kier alpha value is -2.99. The van der Waals surface area contributed by atoms with E-state index in [9.17, 15) is 14.7 Å². The zero-order valence-electron chi connectivity index (χ0n) is 19.4. The molecule has 1 aliphatic rings. The average molecular weight is 556 g/mol. The van der Waals surface area contributed by atoms with Gasteiger partial charge in [0.2, 0.25) is 0 Å². The first-order valence-corrected chi connectivity index (χ1v) is 13.7. The second kappa shape index (κ2) is 9.57. The molecular formula is C27H25ClN2O4Se. The molecule has 180 valence electrons. The fourth-order valence-electron chi connectivity index (χ4n) is 4.71. The van der Waals surface area contributed by atoms with Gasteiger partial charge in [0.15, 0.2) is 0 Å². The fraction of sp³-hybridized carbons (Fsp3) is 0.259. The zero-order chi connectivity index (χ0) is 24.7. The molecular weight excluding hydrogens is 531 g/mol. The van der Waals surface area contributed by atoms with E-state index in [1.165, 1.54) is 0 Å². The molecule has 0 fully saturated rings. The van der Waals surface area contributed by atoms with Crippen molar-refractivity contribution in [1.29, 1.82) is 0 Å². The van der Waals surface area contributed by atoms with E-state index in [1.807, 2.05) is 49.4 Å². The van der Waals surface area contributed by atoms with Crippen LogP contribution in [0.15, 0.2) is 48.5 Å². The first kappa shape index (κ1) is 23.7. The van der Waals surface area contributed by atoms with Crippen molar-refractivity contribution in [2.45, 2.75) is 25.7 Å². The van der Waals surface area contributed by atoms with Gasteiger partial charge in [-0.2, -0.15) is 0 Å². The first-order chi connectivity index (χ1) is 16.9. The second-order valence-corrected chi connectivity index (χ2v) is 11.3. The molecule has 8 heteroatoms. The minimum atomic E-state index is -0.153. The average Bonchev–Trinajstić information content (AvgIpc) is 3.44. The fourth-order valence-corrected chi connectivity index (χ4v) is 7.04. The van der Waals surface area contributed by atoms with E-state index >= 15 is 0 Å². The molecule has 0 unspecified atom stereocenters. The summed E-state index contributed by atoms with van der Waals surface area (Å²) in [6.07, 6.45) is 1.26. The van der Waals surface area contributed by atoms with Crippen molar-refractivity contribution >= 4 is 69.7 Å². The van der Waals surface area contributed by atoms with Crippen LogP contribution in [0.3, 0.4) is 0 Å². The summed E-state index contributed by atoms with van der Waals surface area (Å²) in [6, 6.07) is 14.9. The molecule has 2 amide bonds. The molecule has 0 bridgehead atoms. The van der Waals surface area contributed by atoms with Crippen molar-refractivity contribution in [2.24, 2.45) is 0 Å². The Balaban J connectivity index is 1.53. The summed E-state index contributed by atoms with van der Waals surface area (Å²) in [5.41, 5.74) is 2.39. The Kier molecular flexibility index (Phi) is 6.49. The number of amides is 2. The SMILES string of the molecule is CCCC(=O)Nc1ccc2[se]c(C(=O)N3C[C@@H](CCl)c4c3cc(O)c3ccc(OC)cc43)cc2c1. The maximum absolute atomic E-state index is 13.7. The Labute approximate surface area is 214 Å². The van der Waals surface area contributed by atoms with E-state index in [0.717, 1.165) is 37.1 Å². The maximum atomic E-state index is 13.7. The molecule has 5 rings (SSSR count). The molecule has 0 radical (unpaired) electrons. The summed E-state index contributed by atoms with van der Waals surface area (Å²) in [5, 5.41) is 16.2. The summed E-state index contributed by atoms with van der Waals surface area (Å²) in [7, 11) is 1.60. The standard InChI is InChI=1S/C27H25ClN2O4Se/c1-3-4-25(32)29-17-5-8-23-15(9-17)10-24(35-23)27(33)30-14-16(13-28)26-20-11-18(34-2)6-7-19(20)22(31)12-21(26)30/h5-12,16,31H,3-4,13-14H2,1-2H3,(H,29,32)/t16-/m1/s1. The number of hydrogen-bond donors (Lipinski definition) is 2. The zero-order valence-corrected chi connectivity index (χ0v) is 21.9. The van der Waals surface area contributed by atoms with Crippen molar-refractivity contribution in [3.63, 3.8) is 0 Å². The number of carbonyl (C=O) groups excluding carboxylic acids is 2. The Morgan fingerprint density at radius 3 is 2.74 bits per heavy atom. The van der Waals surface area contributed by atoms with Gasteiger partial charge >= 0.3 is 215 Å². The molecule has 2 heterocycles. The van der Waals surface area contributed by atoms with Gasteiger partial charge in [-0.1, -0.05) is 0 Å². The number of anilines is 2. The molecule has 1 atom stereocenters. The van der Waals surface area contributed by atoms with Crippen molar-refractivity contribution in [1.82, 2.24) is 0 Å². The van der Waals surface area contributed by atoms with Crippen LogP contribution in [0.4, 0.5) is 11.4 Å². The van der Waals surface area contributed by atoms with Crippen molar-refractivity contribution in [3.05, 3.63) is 58.5 Å². The van der Waals surface area contributed by atoms with E-state index < -0.39 is 0 Å². The van der Waals surface area contributed by atoms with Crippen LogP contribution < -0.4 is 15.0 Å². The van der Waals surface area contributed by atoms with Crippen molar-refractivity contribution < 1.29 is 19.4 Å². The summed E-state index contributed by atoms with van der Waals surface area (Å²) >= 11 is 6.20. The van der Waals surface area contributed by atoms with Gasteiger partial charge in [0.1, 0.15) is 0 Å². The summed E-state index contributed by atoms with van der Waals surface area (Å²) in [6.45, 7) is 2.42. The van der Waals surface area contributed by atoms with Gasteiger partial charge < -0.3 is 0 Å². The van der Waals surface area contributed by atoms with Crippen LogP contribution in [0.25, 0.3) is 20.4 Å². The molecule has 0 saturated heterocycles. The van der Waals surface area contributed by atoms with Crippen LogP contribution in [0.2, 0.25) is 0 Å². The summed E-state index contributed by atoms with van der Waals surface area (Å²) in [5.74, 6) is 1.02. The third kappa shape index (κ3) is 4.29. The number of phenolic OH excluding ortho intramolecular Hbond substituents is 1. The molecule has 1 aromatic heterocycles. The predicted octanol–water partition coefficient (Wildman–Crippen LogP) is 5.49. The number of hydrogen-bond acceptors (Lipinski definition) is 4. The Bertz CT molecular complexity index is 1460. The number of ether oxygens (including phenoxy) is 1. The van der Waals surface area contributed by atoms with E-state index in [-0.39, 0.29) is 38.0 Å². The molecule has 0 saturated carbocycles. The van der Waals surface area contributed by atoms with Gasteiger partial charge in [-0.05, 0) is 0 Å². The quantitative estimate of drug-likeness (QED) is 0.244. The van der Waals surface area contributed by atoms with Gasteiger partial charge in [0.05, 0.1) is 0 Å². The van der Waals surface area contributed by atoms with Crippen LogP contribution in [0, 0.1) is 0 Å². The summed E-state index contributed by atoms with van der Waals surface area (Å²) in [4.78, 5) is 27.4. The molecule has 1 aliphatic heterocycles. The van der Waals surface area contributed by atoms with E-state index in [2.05, 4.69) is 5.32 Å². The molecule has 4 aromatic rings. The van der Waals surface area contributed by atoms with Crippen LogP contribution in [-0.4, -0.2) is 51.0 Å². The molecule has 2 N–H and O–H groups in total. The number of carbonyl (C=O) groups is 2. The summed E-state index contributed by atoms with van der Waals surface area (Å²) < 4.78 is 7.24. The molecule has 35 heavy (non-hydrogen) atoms. The molecule has 0 spiro atoms.